The Morgan fingerprint density at radius 3 is 2.31 bits per heavy atom. The van der Waals surface area contributed by atoms with Crippen LogP contribution in [-0.2, 0) is 0 Å². The van der Waals surface area contributed by atoms with Gasteiger partial charge in [-0.15, -0.1) is 5.73 Å². The second-order valence-corrected chi connectivity index (χ2v) is 4.73. The Morgan fingerprint density at radius 1 is 1.08 bits per heavy atom. The Balaban J connectivity index is 3.47. The Kier molecular flexibility index (Phi) is 6.72. The molecule has 0 radical (unpaired) electrons. The van der Waals surface area contributed by atoms with Crippen molar-refractivity contribution < 1.29 is 0 Å². The lowest BCUT2D eigenvalue weighted by molar-refractivity contribution is 0.545. The van der Waals surface area contributed by atoms with E-state index in [1.807, 2.05) is 0 Å². The minimum atomic E-state index is 0.278. The zero-order chi connectivity index (χ0) is 10.2. The van der Waals surface area contributed by atoms with Crippen LogP contribution in [0.25, 0.3) is 0 Å². The van der Waals surface area contributed by atoms with Crippen LogP contribution in [0.3, 0.4) is 0 Å². The molecule has 0 N–H and O–H groups in total. The average Bonchev–Trinajstić information content (AvgIpc) is 2.01. The fourth-order valence-corrected chi connectivity index (χ4v) is 1.07. The fourth-order valence-electron chi connectivity index (χ4n) is 1.07. The van der Waals surface area contributed by atoms with Crippen LogP contribution in [0.5, 0.6) is 0 Å². The van der Waals surface area contributed by atoms with Crippen LogP contribution >= 0.6 is 0 Å². The summed E-state index contributed by atoms with van der Waals surface area (Å²) in [4.78, 5) is 0. The summed E-state index contributed by atoms with van der Waals surface area (Å²) in [5.74, 6) is 0. The van der Waals surface area contributed by atoms with Crippen LogP contribution in [0.4, 0.5) is 0 Å². The van der Waals surface area contributed by atoms with E-state index in [2.05, 4.69) is 45.6 Å². The van der Waals surface area contributed by atoms with Crippen molar-refractivity contribution >= 4 is 0 Å². The van der Waals surface area contributed by atoms with E-state index in [-0.39, 0.29) is 5.41 Å². The summed E-state index contributed by atoms with van der Waals surface area (Å²) < 4.78 is 0. The lowest BCUT2D eigenvalue weighted by atomic mass is 9.97. The Morgan fingerprint density at radius 2 is 1.77 bits per heavy atom. The van der Waals surface area contributed by atoms with E-state index in [9.17, 15) is 0 Å². The molecular formula is C13H24. The third kappa shape index (κ3) is 11.5. The van der Waals surface area contributed by atoms with Crippen molar-refractivity contribution in [3.63, 3.8) is 0 Å². The van der Waals surface area contributed by atoms with Crippen LogP contribution in [0.1, 0.15) is 59.8 Å². The van der Waals surface area contributed by atoms with E-state index in [0.29, 0.717) is 0 Å². The van der Waals surface area contributed by atoms with Crippen LogP contribution in [0, 0.1) is 5.41 Å². The van der Waals surface area contributed by atoms with E-state index in [1.165, 1.54) is 32.1 Å². The summed E-state index contributed by atoms with van der Waals surface area (Å²) in [7, 11) is 0. The van der Waals surface area contributed by atoms with Gasteiger partial charge in [0, 0.05) is 0 Å². The van der Waals surface area contributed by atoms with E-state index in [4.69, 9.17) is 0 Å². The maximum atomic E-state index is 3.25. The van der Waals surface area contributed by atoms with Crippen molar-refractivity contribution in [2.45, 2.75) is 59.8 Å². The molecule has 0 bridgehead atoms. The molecule has 0 unspecified atom stereocenters. The van der Waals surface area contributed by atoms with Gasteiger partial charge in [-0.25, -0.2) is 0 Å². The minimum Gasteiger partial charge on any atom is -0.129 e. The largest absolute Gasteiger partial charge is 0.129 e. The van der Waals surface area contributed by atoms with E-state index >= 15 is 0 Å². The van der Waals surface area contributed by atoms with Gasteiger partial charge in [-0.1, -0.05) is 47.0 Å². The molecule has 0 heteroatoms. The smallest absolute Gasteiger partial charge is 0.0127 e. The first-order chi connectivity index (χ1) is 6.06. The van der Waals surface area contributed by atoms with Gasteiger partial charge in [0.25, 0.3) is 0 Å². The van der Waals surface area contributed by atoms with Crippen LogP contribution < -0.4 is 0 Å². The van der Waals surface area contributed by atoms with Crippen LogP contribution in [0.15, 0.2) is 17.9 Å². The zero-order valence-corrected chi connectivity index (χ0v) is 9.69. The third-order valence-corrected chi connectivity index (χ3v) is 1.84. The molecule has 0 nitrogen and oxygen atoms in total. The molecule has 76 valence electrons. The van der Waals surface area contributed by atoms with Crippen molar-refractivity contribution in [1.29, 1.82) is 0 Å². The molecule has 0 atom stereocenters. The third-order valence-electron chi connectivity index (χ3n) is 1.84. The second kappa shape index (κ2) is 6.97. The fraction of sp³-hybridized carbons (Fsp3) is 0.769. The Hall–Kier alpha value is -0.480. The van der Waals surface area contributed by atoms with E-state index in [1.54, 1.807) is 0 Å². The van der Waals surface area contributed by atoms with Gasteiger partial charge < -0.3 is 0 Å². The van der Waals surface area contributed by atoms with Gasteiger partial charge in [0.2, 0.25) is 0 Å². The standard InChI is InChI=1S/C13H24/c1-5-6-7-8-9-10-11-12-13(2,3)4/h10,12H,5-9H2,1-4H3. The number of rotatable bonds is 5. The molecule has 0 spiro atoms. The van der Waals surface area contributed by atoms with E-state index < -0.39 is 0 Å². The summed E-state index contributed by atoms with van der Waals surface area (Å²) in [5, 5.41) is 0. The normalized spacial score (nSPS) is 10.8. The Labute approximate surface area is 83.7 Å². The van der Waals surface area contributed by atoms with E-state index in [0.717, 1.165) is 0 Å². The molecule has 0 heterocycles. The predicted molar refractivity (Wildman–Crippen MR) is 60.9 cm³/mol. The molecule has 0 saturated carbocycles. The molecular weight excluding hydrogens is 156 g/mol. The zero-order valence-electron chi connectivity index (χ0n) is 9.69. The van der Waals surface area contributed by atoms with Gasteiger partial charge in [0.15, 0.2) is 0 Å². The van der Waals surface area contributed by atoms with Gasteiger partial charge in [-0.05, 0) is 30.4 Å². The summed E-state index contributed by atoms with van der Waals surface area (Å²) >= 11 is 0. The first kappa shape index (κ1) is 12.5. The highest BCUT2D eigenvalue weighted by atomic mass is 14.1. The maximum absolute atomic E-state index is 3.25. The van der Waals surface area contributed by atoms with Gasteiger partial charge in [0.05, 0.1) is 0 Å². The number of hydrogen-bond donors (Lipinski definition) is 0. The first-order valence-electron chi connectivity index (χ1n) is 5.48. The molecule has 0 aromatic heterocycles. The summed E-state index contributed by atoms with van der Waals surface area (Å²) in [5.41, 5.74) is 3.53. The van der Waals surface area contributed by atoms with Gasteiger partial charge >= 0.3 is 0 Å². The molecule has 0 fully saturated rings. The summed E-state index contributed by atoms with van der Waals surface area (Å²) in [6.45, 7) is 8.84. The van der Waals surface area contributed by atoms with Crippen molar-refractivity contribution in [3.05, 3.63) is 17.9 Å². The highest BCUT2D eigenvalue weighted by Crippen LogP contribution is 2.13. The summed E-state index contributed by atoms with van der Waals surface area (Å²) in [6, 6.07) is 0. The number of unbranched alkanes of at least 4 members (excludes halogenated alkanes) is 4. The lowest BCUT2D eigenvalue weighted by Crippen LogP contribution is -1.96. The predicted octanol–water partition coefficient (Wildman–Crippen LogP) is 4.71. The van der Waals surface area contributed by atoms with Crippen LogP contribution in [-0.4, -0.2) is 0 Å². The topological polar surface area (TPSA) is 0 Å². The van der Waals surface area contributed by atoms with Crippen molar-refractivity contribution in [1.82, 2.24) is 0 Å². The van der Waals surface area contributed by atoms with Gasteiger partial charge in [-0.3, -0.25) is 0 Å². The molecule has 0 rings (SSSR count). The lowest BCUT2D eigenvalue weighted by Gasteiger charge is -2.08. The highest BCUT2D eigenvalue weighted by Gasteiger charge is 2.01. The average molecular weight is 180 g/mol. The van der Waals surface area contributed by atoms with Gasteiger partial charge in [0.1, 0.15) is 0 Å². The first-order valence-corrected chi connectivity index (χ1v) is 5.48. The monoisotopic (exact) mass is 180 g/mol. The quantitative estimate of drug-likeness (QED) is 0.424. The molecule has 0 aromatic carbocycles. The van der Waals surface area contributed by atoms with Crippen molar-refractivity contribution in [2.24, 2.45) is 5.41 Å². The second-order valence-electron chi connectivity index (χ2n) is 4.73. The SMILES string of the molecule is CCCCCCC=C=CC(C)(C)C. The van der Waals surface area contributed by atoms with Crippen molar-refractivity contribution in [3.8, 4) is 0 Å². The Bertz CT molecular complexity index is 163. The molecule has 0 aromatic rings. The summed E-state index contributed by atoms with van der Waals surface area (Å²) in [6.07, 6.45) is 10.9. The molecule has 0 amide bonds. The maximum Gasteiger partial charge on any atom is -0.0127 e. The molecule has 13 heavy (non-hydrogen) atoms. The van der Waals surface area contributed by atoms with Gasteiger partial charge in [-0.2, -0.15) is 0 Å². The molecule has 0 aliphatic carbocycles. The minimum absolute atomic E-state index is 0.278. The molecule has 0 aliphatic heterocycles. The molecule has 0 aliphatic rings. The van der Waals surface area contributed by atoms with Crippen LogP contribution in [0.2, 0.25) is 0 Å². The highest BCUT2D eigenvalue weighted by molar-refractivity contribution is 4.92. The number of allylic oxidation sites excluding steroid dienone is 1. The van der Waals surface area contributed by atoms with Crippen molar-refractivity contribution in [2.75, 3.05) is 0 Å². The molecule has 0 saturated heterocycles. The number of hydrogen-bond acceptors (Lipinski definition) is 0.